The monoisotopic (exact) mass is 349 g/mol. The number of Topliss-reactive ketones (excluding diaryl/α,β-unsaturated/α-hetero) is 1. The minimum absolute atomic E-state index is 0.0116. The summed E-state index contributed by atoms with van der Waals surface area (Å²) in [5, 5.41) is 3.70. The molecule has 4 rings (SSSR count). The summed E-state index contributed by atoms with van der Waals surface area (Å²) in [6.45, 7) is 0.725. The third kappa shape index (κ3) is 3.38. The predicted octanol–water partition coefficient (Wildman–Crippen LogP) is 3.09. The molecule has 1 aromatic rings. The Morgan fingerprint density at radius 3 is 2.85 bits per heavy atom. The molecule has 0 saturated heterocycles. The van der Waals surface area contributed by atoms with Crippen LogP contribution in [0, 0.1) is 0 Å². The third-order valence-corrected chi connectivity index (χ3v) is 5.63. The second-order valence-corrected chi connectivity index (χ2v) is 7.68. The number of benzene rings is 1. The van der Waals surface area contributed by atoms with Gasteiger partial charge in [-0.2, -0.15) is 0 Å². The summed E-state index contributed by atoms with van der Waals surface area (Å²) in [6.07, 6.45) is 9.60. The lowest BCUT2D eigenvalue weighted by Crippen LogP contribution is -2.52. The van der Waals surface area contributed by atoms with Crippen molar-refractivity contribution in [1.82, 2.24) is 5.32 Å². The average Bonchev–Trinajstić information content (AvgIpc) is 2.66. The van der Waals surface area contributed by atoms with E-state index in [1.165, 1.54) is 24.0 Å². The Labute approximate surface area is 155 Å². The number of hydrogen-bond acceptors (Lipinski definition) is 4. The minimum Gasteiger partial charge on any atom is -0.378 e. The lowest BCUT2D eigenvalue weighted by molar-refractivity contribution is -0.112. The van der Waals surface area contributed by atoms with E-state index in [9.17, 15) is 4.79 Å². The maximum atomic E-state index is 13.0. The lowest BCUT2D eigenvalue weighted by Gasteiger charge is -2.37. The SMILES string of the molecule is CN(C)c1ccc(CC(=O)C2=NCCC3=CC4=CCCCC4NC32)cc1. The van der Waals surface area contributed by atoms with Gasteiger partial charge in [-0.25, -0.2) is 0 Å². The van der Waals surface area contributed by atoms with Gasteiger partial charge >= 0.3 is 0 Å². The molecule has 4 heteroatoms. The number of carbonyl (C=O) groups is 1. The number of nitrogens with zero attached hydrogens (tertiary/aromatic N) is 2. The van der Waals surface area contributed by atoms with Crippen LogP contribution in [0.3, 0.4) is 0 Å². The fraction of sp³-hybridized carbons (Fsp3) is 0.455. The second-order valence-electron chi connectivity index (χ2n) is 7.68. The first-order valence-corrected chi connectivity index (χ1v) is 9.62. The summed E-state index contributed by atoms with van der Waals surface area (Å²) in [5.41, 5.74) is 5.66. The van der Waals surface area contributed by atoms with Gasteiger partial charge in [0.05, 0.1) is 11.8 Å². The highest BCUT2D eigenvalue weighted by Gasteiger charge is 2.34. The average molecular weight is 349 g/mol. The molecule has 2 heterocycles. The molecule has 0 bridgehead atoms. The Morgan fingerprint density at radius 2 is 2.08 bits per heavy atom. The predicted molar refractivity (Wildman–Crippen MR) is 107 cm³/mol. The minimum atomic E-state index is 0.0116. The van der Waals surface area contributed by atoms with Gasteiger partial charge in [0.25, 0.3) is 0 Å². The summed E-state index contributed by atoms with van der Waals surface area (Å²) in [7, 11) is 4.04. The van der Waals surface area contributed by atoms with Crippen LogP contribution in [0.2, 0.25) is 0 Å². The van der Waals surface area contributed by atoms with Crippen molar-refractivity contribution in [3.05, 3.63) is 53.1 Å². The topological polar surface area (TPSA) is 44.7 Å². The molecule has 1 N–H and O–H groups in total. The lowest BCUT2D eigenvalue weighted by atomic mass is 9.82. The zero-order valence-corrected chi connectivity index (χ0v) is 15.7. The summed E-state index contributed by atoms with van der Waals surface area (Å²) < 4.78 is 0. The van der Waals surface area contributed by atoms with Crippen LogP contribution >= 0.6 is 0 Å². The summed E-state index contributed by atoms with van der Waals surface area (Å²) in [4.78, 5) is 19.7. The first kappa shape index (κ1) is 17.2. The van der Waals surface area contributed by atoms with E-state index < -0.39 is 0 Å². The van der Waals surface area contributed by atoms with Crippen LogP contribution in [-0.2, 0) is 11.2 Å². The first-order valence-electron chi connectivity index (χ1n) is 9.62. The number of hydrogen-bond donors (Lipinski definition) is 1. The van der Waals surface area contributed by atoms with Crippen molar-refractivity contribution in [1.29, 1.82) is 0 Å². The van der Waals surface area contributed by atoms with Crippen molar-refractivity contribution < 1.29 is 4.79 Å². The molecule has 1 aliphatic carbocycles. The van der Waals surface area contributed by atoms with E-state index in [0.29, 0.717) is 12.5 Å². The van der Waals surface area contributed by atoms with Gasteiger partial charge in [0.1, 0.15) is 0 Å². The van der Waals surface area contributed by atoms with Crippen LogP contribution in [0.15, 0.2) is 52.6 Å². The van der Waals surface area contributed by atoms with Gasteiger partial charge in [0.2, 0.25) is 0 Å². The molecule has 0 spiro atoms. The van der Waals surface area contributed by atoms with Crippen LogP contribution in [0.25, 0.3) is 0 Å². The van der Waals surface area contributed by atoms with Gasteiger partial charge in [0, 0.05) is 38.8 Å². The number of anilines is 1. The molecule has 0 radical (unpaired) electrons. The molecule has 0 saturated carbocycles. The maximum absolute atomic E-state index is 13.0. The summed E-state index contributed by atoms with van der Waals surface area (Å²) in [5.74, 6) is 0.147. The molecule has 0 amide bonds. The van der Waals surface area contributed by atoms with Crippen LogP contribution in [-0.4, -0.2) is 44.2 Å². The molecular weight excluding hydrogens is 322 g/mol. The van der Waals surface area contributed by atoms with Gasteiger partial charge < -0.3 is 4.90 Å². The fourth-order valence-corrected chi connectivity index (χ4v) is 4.15. The standard InChI is InChI=1S/C22H27N3O/c1-25(2)18-9-7-15(8-10-18)13-20(26)22-21-17(11-12-23-22)14-16-5-3-4-6-19(16)24-21/h5,7-10,14,19,21,24H,3-4,6,11-13H2,1-2H3. The molecule has 2 aliphatic heterocycles. The van der Waals surface area contributed by atoms with Crippen LogP contribution < -0.4 is 10.2 Å². The largest absolute Gasteiger partial charge is 0.378 e. The van der Waals surface area contributed by atoms with E-state index >= 15 is 0 Å². The highest BCUT2D eigenvalue weighted by Crippen LogP contribution is 2.30. The number of rotatable bonds is 4. The van der Waals surface area contributed by atoms with E-state index in [1.807, 2.05) is 26.2 Å². The molecule has 0 aromatic heterocycles. The normalized spacial score (nSPS) is 24.6. The number of aliphatic imine (C=N–C) groups is 1. The highest BCUT2D eigenvalue weighted by atomic mass is 16.1. The molecule has 1 aromatic carbocycles. The van der Waals surface area contributed by atoms with Crippen molar-refractivity contribution in [3.8, 4) is 0 Å². The zero-order chi connectivity index (χ0) is 18.1. The Balaban J connectivity index is 1.51. The smallest absolute Gasteiger partial charge is 0.182 e. The number of allylic oxidation sites excluding steroid dienone is 1. The molecule has 2 unspecified atom stereocenters. The number of carbonyl (C=O) groups excluding carboxylic acids is 1. The van der Waals surface area contributed by atoms with E-state index in [1.54, 1.807) is 0 Å². The first-order chi connectivity index (χ1) is 12.6. The van der Waals surface area contributed by atoms with Crippen molar-refractivity contribution >= 4 is 17.2 Å². The molecule has 26 heavy (non-hydrogen) atoms. The second kappa shape index (κ2) is 7.20. The highest BCUT2D eigenvalue weighted by molar-refractivity contribution is 6.43. The molecular formula is C22H27N3O. The molecule has 0 fully saturated rings. The molecule has 136 valence electrons. The Bertz CT molecular complexity index is 786. The Kier molecular flexibility index (Phi) is 4.77. The van der Waals surface area contributed by atoms with Gasteiger partial charge in [-0.15, -0.1) is 0 Å². The zero-order valence-electron chi connectivity index (χ0n) is 15.7. The van der Waals surface area contributed by atoms with Gasteiger partial charge in [-0.3, -0.25) is 15.1 Å². The van der Waals surface area contributed by atoms with E-state index in [4.69, 9.17) is 0 Å². The van der Waals surface area contributed by atoms with E-state index in [2.05, 4.69) is 39.5 Å². The van der Waals surface area contributed by atoms with Crippen molar-refractivity contribution in [3.63, 3.8) is 0 Å². The van der Waals surface area contributed by atoms with Crippen LogP contribution in [0.1, 0.15) is 31.2 Å². The van der Waals surface area contributed by atoms with Gasteiger partial charge in [0.15, 0.2) is 5.78 Å². The fourth-order valence-electron chi connectivity index (χ4n) is 4.15. The quantitative estimate of drug-likeness (QED) is 0.908. The van der Waals surface area contributed by atoms with Gasteiger partial charge in [-0.1, -0.05) is 24.3 Å². The van der Waals surface area contributed by atoms with Gasteiger partial charge in [-0.05, 0) is 54.5 Å². The maximum Gasteiger partial charge on any atom is 0.182 e. The number of ketones is 1. The van der Waals surface area contributed by atoms with Crippen molar-refractivity contribution in [2.75, 3.05) is 25.5 Å². The van der Waals surface area contributed by atoms with Crippen molar-refractivity contribution in [2.24, 2.45) is 4.99 Å². The van der Waals surface area contributed by atoms with Crippen LogP contribution in [0.5, 0.6) is 0 Å². The Hall–Kier alpha value is -2.20. The van der Waals surface area contributed by atoms with E-state index in [-0.39, 0.29) is 11.8 Å². The van der Waals surface area contributed by atoms with Crippen LogP contribution in [0.4, 0.5) is 5.69 Å². The summed E-state index contributed by atoms with van der Waals surface area (Å²) in [6, 6.07) is 8.61. The third-order valence-electron chi connectivity index (χ3n) is 5.63. The van der Waals surface area contributed by atoms with Crippen molar-refractivity contribution in [2.45, 2.75) is 44.2 Å². The number of nitrogens with one attached hydrogen (secondary N) is 1. The molecule has 2 atom stereocenters. The Morgan fingerprint density at radius 1 is 1.27 bits per heavy atom. The summed E-state index contributed by atoms with van der Waals surface area (Å²) >= 11 is 0. The molecule has 4 nitrogen and oxygen atoms in total. The number of fused-ring (bicyclic) bond motifs is 2. The molecule has 3 aliphatic rings. The van der Waals surface area contributed by atoms with E-state index in [0.717, 1.165) is 36.3 Å².